The van der Waals surface area contributed by atoms with Crippen LogP contribution < -0.4 is 10.4 Å². The number of carbonyl (C=O) groups is 1. The standard InChI is InChI=1S/C23H40N2O7Si2/c1-10-28-19-11-12-25(23(27)24-19)22-20(26)21-18(30-22)13-29-33(14(2)3,15(4)5)32-34(31-21,16(6)7)17(8)9/h11-12,14-18,21-22H,10,13H2,1-9H3/t18-,21-,22-/m1/s1. The summed E-state index contributed by atoms with van der Waals surface area (Å²) in [5.41, 5.74) is -0.0763. The minimum atomic E-state index is -2.96. The predicted octanol–water partition coefficient (Wildman–Crippen LogP) is 4.06. The highest BCUT2D eigenvalue weighted by molar-refractivity contribution is 6.84. The van der Waals surface area contributed by atoms with Gasteiger partial charge in [0.1, 0.15) is 12.2 Å². The largest absolute Gasteiger partial charge is 0.478 e. The molecule has 2 fully saturated rings. The molecule has 1 aromatic heterocycles. The van der Waals surface area contributed by atoms with Crippen LogP contribution in [0.25, 0.3) is 0 Å². The summed E-state index contributed by atoms with van der Waals surface area (Å²) in [5, 5.41) is 0. The van der Waals surface area contributed by atoms with E-state index >= 15 is 0 Å². The number of Topliss-reactive ketones (excluding diaryl/α,β-unsaturated/α-hetero) is 1. The maximum Gasteiger partial charge on any atom is 0.353 e. The maximum absolute atomic E-state index is 13.6. The van der Waals surface area contributed by atoms with E-state index in [1.54, 1.807) is 6.07 Å². The average Bonchev–Trinajstić information content (AvgIpc) is 3.02. The minimum absolute atomic E-state index is 0.0842. The van der Waals surface area contributed by atoms with Crippen molar-refractivity contribution in [1.82, 2.24) is 9.55 Å². The number of rotatable bonds is 7. The van der Waals surface area contributed by atoms with Gasteiger partial charge in [-0.15, -0.1) is 0 Å². The van der Waals surface area contributed by atoms with Crippen LogP contribution in [0.3, 0.4) is 0 Å². The summed E-state index contributed by atoms with van der Waals surface area (Å²) in [6, 6.07) is 1.55. The fourth-order valence-electron chi connectivity index (χ4n) is 5.02. The van der Waals surface area contributed by atoms with E-state index < -0.39 is 41.2 Å². The van der Waals surface area contributed by atoms with Crippen molar-refractivity contribution in [3.05, 3.63) is 22.7 Å². The number of hydrogen-bond acceptors (Lipinski definition) is 8. The van der Waals surface area contributed by atoms with Crippen LogP contribution in [0.4, 0.5) is 0 Å². The summed E-state index contributed by atoms with van der Waals surface area (Å²) in [7, 11) is -5.70. The van der Waals surface area contributed by atoms with E-state index in [2.05, 4.69) is 60.4 Å². The Morgan fingerprint density at radius 3 is 2.12 bits per heavy atom. The Hall–Kier alpha value is -1.38. The summed E-state index contributed by atoms with van der Waals surface area (Å²) in [6.45, 7) is 19.3. The Labute approximate surface area is 204 Å². The summed E-state index contributed by atoms with van der Waals surface area (Å²) < 4.78 is 33.2. The minimum Gasteiger partial charge on any atom is -0.478 e. The van der Waals surface area contributed by atoms with Gasteiger partial charge in [-0.3, -0.25) is 9.36 Å². The molecule has 2 aliphatic heterocycles. The van der Waals surface area contributed by atoms with E-state index in [4.69, 9.17) is 22.4 Å². The first-order chi connectivity index (χ1) is 15.9. The van der Waals surface area contributed by atoms with Crippen LogP contribution in [0.1, 0.15) is 68.5 Å². The molecule has 2 saturated heterocycles. The lowest BCUT2D eigenvalue weighted by molar-refractivity contribution is -0.130. The zero-order valence-electron chi connectivity index (χ0n) is 21.9. The molecule has 0 unspecified atom stereocenters. The van der Waals surface area contributed by atoms with Crippen LogP contribution in [-0.2, 0) is 22.5 Å². The lowest BCUT2D eigenvalue weighted by Gasteiger charge is -2.50. The Bertz CT molecular complexity index is 918. The van der Waals surface area contributed by atoms with E-state index in [-0.39, 0.29) is 40.4 Å². The van der Waals surface area contributed by atoms with Crippen molar-refractivity contribution in [3.63, 3.8) is 0 Å². The number of hydrogen-bond donors (Lipinski definition) is 0. The number of aromatic nitrogens is 2. The molecule has 9 nitrogen and oxygen atoms in total. The molecule has 0 aromatic carbocycles. The van der Waals surface area contributed by atoms with Crippen LogP contribution in [0.15, 0.2) is 17.1 Å². The van der Waals surface area contributed by atoms with Crippen LogP contribution in [-0.4, -0.2) is 57.9 Å². The van der Waals surface area contributed by atoms with Crippen molar-refractivity contribution in [2.24, 2.45) is 0 Å². The maximum atomic E-state index is 13.6. The second-order valence-electron chi connectivity index (χ2n) is 10.3. The van der Waals surface area contributed by atoms with Gasteiger partial charge in [-0.25, -0.2) is 4.79 Å². The van der Waals surface area contributed by atoms with Gasteiger partial charge >= 0.3 is 22.8 Å². The van der Waals surface area contributed by atoms with Crippen molar-refractivity contribution in [3.8, 4) is 5.88 Å². The molecule has 34 heavy (non-hydrogen) atoms. The molecule has 0 saturated carbocycles. The van der Waals surface area contributed by atoms with E-state index in [1.165, 1.54) is 10.8 Å². The van der Waals surface area contributed by atoms with Gasteiger partial charge in [0.2, 0.25) is 17.9 Å². The molecular weight excluding hydrogens is 472 g/mol. The Morgan fingerprint density at radius 2 is 1.62 bits per heavy atom. The molecule has 3 rings (SSSR count). The molecule has 0 spiro atoms. The normalized spacial score (nSPS) is 26.7. The molecule has 2 aliphatic rings. The molecule has 3 heterocycles. The van der Waals surface area contributed by atoms with Crippen molar-refractivity contribution >= 4 is 22.9 Å². The lowest BCUT2D eigenvalue weighted by atomic mass is 10.1. The van der Waals surface area contributed by atoms with Gasteiger partial charge < -0.3 is 22.4 Å². The fourth-order valence-corrected chi connectivity index (χ4v) is 16.2. The second kappa shape index (κ2) is 10.3. The molecule has 0 bridgehead atoms. The first kappa shape index (κ1) is 27.2. The van der Waals surface area contributed by atoms with Crippen molar-refractivity contribution < 1.29 is 27.2 Å². The predicted molar refractivity (Wildman–Crippen MR) is 132 cm³/mol. The smallest absolute Gasteiger partial charge is 0.353 e. The van der Waals surface area contributed by atoms with Crippen LogP contribution in [0, 0.1) is 0 Å². The van der Waals surface area contributed by atoms with E-state index in [9.17, 15) is 9.59 Å². The van der Waals surface area contributed by atoms with Crippen LogP contribution in [0.2, 0.25) is 22.2 Å². The quantitative estimate of drug-likeness (QED) is 0.504. The molecule has 0 N–H and O–H groups in total. The zero-order valence-corrected chi connectivity index (χ0v) is 23.9. The van der Waals surface area contributed by atoms with Gasteiger partial charge in [0, 0.05) is 12.3 Å². The molecule has 1 aromatic rings. The third kappa shape index (κ3) is 4.70. The Morgan fingerprint density at radius 1 is 1.03 bits per heavy atom. The molecule has 3 atom stereocenters. The summed E-state index contributed by atoms with van der Waals surface area (Å²) in [6.07, 6.45) is -1.15. The monoisotopic (exact) mass is 512 g/mol. The highest BCUT2D eigenvalue weighted by Crippen LogP contribution is 2.47. The molecular formula is C23H40N2O7Si2. The van der Waals surface area contributed by atoms with Gasteiger partial charge in [0.25, 0.3) is 0 Å². The van der Waals surface area contributed by atoms with E-state index in [0.29, 0.717) is 6.61 Å². The second-order valence-corrected chi connectivity index (χ2v) is 19.2. The third-order valence-electron chi connectivity index (χ3n) is 6.84. The number of ether oxygens (including phenoxy) is 2. The summed E-state index contributed by atoms with van der Waals surface area (Å²) >= 11 is 0. The summed E-state index contributed by atoms with van der Waals surface area (Å²) in [4.78, 5) is 30.2. The van der Waals surface area contributed by atoms with Gasteiger partial charge in [0.05, 0.1) is 13.2 Å². The zero-order chi connectivity index (χ0) is 25.4. The van der Waals surface area contributed by atoms with Crippen molar-refractivity contribution in [1.29, 1.82) is 0 Å². The van der Waals surface area contributed by atoms with Crippen LogP contribution in [0.5, 0.6) is 5.88 Å². The number of fused-ring (bicyclic) bond motifs is 1. The van der Waals surface area contributed by atoms with Crippen molar-refractivity contribution in [2.75, 3.05) is 13.2 Å². The topological polar surface area (TPSA) is 98.1 Å². The SMILES string of the molecule is CCOc1ccn([C@@H]2O[C@@H]3CO[Si](C(C)C)(C(C)C)O[Si](C(C)C)(C(C)C)O[C@H]3C2=O)c(=O)n1. The highest BCUT2D eigenvalue weighted by Gasteiger charge is 2.61. The lowest BCUT2D eigenvalue weighted by Crippen LogP contribution is -2.65. The van der Waals surface area contributed by atoms with E-state index in [1.807, 2.05) is 6.92 Å². The molecule has 192 valence electrons. The third-order valence-corrected chi connectivity index (χ3v) is 17.1. The summed E-state index contributed by atoms with van der Waals surface area (Å²) in [5.74, 6) is -0.101. The number of nitrogens with zero attached hydrogens (tertiary/aromatic N) is 2. The molecule has 0 radical (unpaired) electrons. The van der Waals surface area contributed by atoms with Gasteiger partial charge in [-0.1, -0.05) is 55.4 Å². The van der Waals surface area contributed by atoms with Crippen LogP contribution >= 0.6 is 0 Å². The Balaban J connectivity index is 2.04. The van der Waals surface area contributed by atoms with Gasteiger partial charge in [-0.05, 0) is 29.1 Å². The number of carbonyl (C=O) groups excluding carboxylic acids is 1. The highest BCUT2D eigenvalue weighted by atomic mass is 28.5. The molecule has 0 amide bonds. The van der Waals surface area contributed by atoms with E-state index in [0.717, 1.165) is 0 Å². The first-order valence-electron chi connectivity index (χ1n) is 12.3. The average molecular weight is 513 g/mol. The fraction of sp³-hybridized carbons (Fsp3) is 0.783. The molecule has 0 aliphatic carbocycles. The number of ketones is 1. The van der Waals surface area contributed by atoms with Gasteiger partial charge in [-0.2, -0.15) is 4.98 Å². The van der Waals surface area contributed by atoms with Crippen molar-refractivity contribution in [2.45, 2.75) is 103 Å². The van der Waals surface area contributed by atoms with Gasteiger partial charge in [0.15, 0.2) is 0 Å². The Kier molecular flexibility index (Phi) is 8.26. The molecule has 11 heteroatoms. The first-order valence-corrected chi connectivity index (χ1v) is 16.3.